The lowest BCUT2D eigenvalue weighted by Gasteiger charge is -2.17. The van der Waals surface area contributed by atoms with Gasteiger partial charge in [-0.25, -0.2) is 4.39 Å². The van der Waals surface area contributed by atoms with E-state index in [1.54, 1.807) is 61.5 Å². The maximum Gasteiger partial charge on any atom is 0.417 e. The van der Waals surface area contributed by atoms with E-state index in [9.17, 15) is 13.2 Å². The van der Waals surface area contributed by atoms with Crippen molar-refractivity contribution in [2.45, 2.75) is 19.6 Å². The van der Waals surface area contributed by atoms with Gasteiger partial charge in [0.05, 0.1) is 11.3 Å². The second kappa shape index (κ2) is 9.72. The fraction of sp³-hybridized carbons (Fsp3) is 0.107. The molecular weight excluding hydrogens is 454 g/mol. The molecule has 7 heteroatoms. The molecule has 0 aliphatic carbocycles. The predicted octanol–water partition coefficient (Wildman–Crippen LogP) is 7.77. The first-order valence-corrected chi connectivity index (χ1v) is 10.9. The second-order valence-corrected chi connectivity index (χ2v) is 8.12. The highest BCUT2D eigenvalue weighted by Gasteiger charge is 2.33. The third kappa shape index (κ3) is 5.10. The third-order valence-corrected chi connectivity index (χ3v) is 5.72. The molecule has 0 atom stereocenters. The van der Waals surface area contributed by atoms with Gasteiger partial charge in [-0.15, -0.1) is 0 Å². The smallest absolute Gasteiger partial charge is 0.353 e. The van der Waals surface area contributed by atoms with Crippen LogP contribution in [0.25, 0.3) is 22.3 Å². The number of hydrogen-bond donors (Lipinski definition) is 3. The fourth-order valence-corrected chi connectivity index (χ4v) is 3.97. The molecule has 35 heavy (non-hydrogen) atoms. The Morgan fingerprint density at radius 2 is 1.51 bits per heavy atom. The van der Waals surface area contributed by atoms with Gasteiger partial charge in [-0.05, 0) is 47.4 Å². The Bertz CT molecular complexity index is 1380. The minimum absolute atomic E-state index is 0.0592. The van der Waals surface area contributed by atoms with Gasteiger partial charge in [-0.2, -0.15) is 13.2 Å². The van der Waals surface area contributed by atoms with Gasteiger partial charge in [0.25, 0.3) is 0 Å². The lowest BCUT2D eigenvalue weighted by molar-refractivity contribution is -0.137. The minimum Gasteiger partial charge on any atom is -0.353 e. The van der Waals surface area contributed by atoms with Gasteiger partial charge >= 0.3 is 6.18 Å². The lowest BCUT2D eigenvalue weighted by atomic mass is 9.95. The van der Waals surface area contributed by atoms with Crippen LogP contribution >= 0.6 is 0 Å². The highest BCUT2D eigenvalue weighted by atomic mass is 19.4. The predicted molar refractivity (Wildman–Crippen MR) is 132 cm³/mol. The first-order chi connectivity index (χ1) is 16.7. The van der Waals surface area contributed by atoms with Crippen molar-refractivity contribution in [2.24, 2.45) is 5.73 Å². The Hall–Kier alpha value is -3.97. The number of benzene rings is 4. The zero-order chi connectivity index (χ0) is 25.2. The number of anilines is 2. The van der Waals surface area contributed by atoms with Crippen molar-refractivity contribution < 1.29 is 17.6 Å². The Labute approximate surface area is 200 Å². The standard InChI is InChI=1S/C28H23F4N3/c1-17(34)22-13-14-24(26(29)27(22)35-21-6-4-5-18(15-21)16-33)20-11-9-19(10-12-20)23-7-2-3-8-25(23)28(30,31)32/h2-15,34-35H,16,33H2,1H3. The van der Waals surface area contributed by atoms with Crippen LogP contribution in [-0.2, 0) is 12.7 Å². The summed E-state index contributed by atoms with van der Waals surface area (Å²) in [5.74, 6) is -0.560. The molecule has 0 heterocycles. The SMILES string of the molecule is CC(=N)c1ccc(-c2ccc(-c3ccccc3C(F)(F)F)cc2)c(F)c1Nc1cccc(CN)c1. The summed E-state index contributed by atoms with van der Waals surface area (Å²) in [5, 5.41) is 11.1. The molecule has 0 unspecified atom stereocenters. The van der Waals surface area contributed by atoms with Crippen LogP contribution in [0.2, 0.25) is 0 Å². The second-order valence-electron chi connectivity index (χ2n) is 8.12. The van der Waals surface area contributed by atoms with Crippen molar-refractivity contribution in [3.8, 4) is 22.3 Å². The molecule has 0 aliphatic rings. The van der Waals surface area contributed by atoms with Crippen molar-refractivity contribution >= 4 is 17.1 Å². The van der Waals surface area contributed by atoms with Crippen LogP contribution < -0.4 is 11.1 Å². The van der Waals surface area contributed by atoms with Crippen LogP contribution in [0.3, 0.4) is 0 Å². The highest BCUT2D eigenvalue weighted by molar-refractivity contribution is 6.03. The zero-order valence-corrected chi connectivity index (χ0v) is 18.9. The Kier molecular flexibility index (Phi) is 6.71. The molecule has 0 saturated heterocycles. The summed E-state index contributed by atoms with van der Waals surface area (Å²) in [5.41, 5.74) is 8.43. The van der Waals surface area contributed by atoms with E-state index in [4.69, 9.17) is 11.1 Å². The molecule has 4 aromatic rings. The topological polar surface area (TPSA) is 61.9 Å². The minimum atomic E-state index is -4.48. The molecule has 3 nitrogen and oxygen atoms in total. The number of alkyl halides is 3. The summed E-state index contributed by atoms with van der Waals surface area (Å²) in [6.45, 7) is 1.90. The summed E-state index contributed by atoms with van der Waals surface area (Å²) in [7, 11) is 0. The summed E-state index contributed by atoms with van der Waals surface area (Å²) in [6.07, 6.45) is -4.48. The maximum absolute atomic E-state index is 15.8. The van der Waals surface area contributed by atoms with E-state index in [1.807, 2.05) is 12.1 Å². The molecule has 4 rings (SSSR count). The molecule has 178 valence electrons. The first kappa shape index (κ1) is 24.2. The normalized spacial score (nSPS) is 11.4. The van der Waals surface area contributed by atoms with Gasteiger partial charge in [-0.1, -0.05) is 66.7 Å². The van der Waals surface area contributed by atoms with Crippen LogP contribution in [0.4, 0.5) is 28.9 Å². The van der Waals surface area contributed by atoms with Gasteiger partial charge in [-0.3, -0.25) is 0 Å². The third-order valence-electron chi connectivity index (χ3n) is 5.72. The molecule has 0 spiro atoms. The number of hydrogen-bond acceptors (Lipinski definition) is 3. The van der Waals surface area contributed by atoms with E-state index in [-0.39, 0.29) is 22.5 Å². The Morgan fingerprint density at radius 1 is 0.857 bits per heavy atom. The van der Waals surface area contributed by atoms with Crippen molar-refractivity contribution in [1.82, 2.24) is 0 Å². The maximum atomic E-state index is 15.8. The summed E-state index contributed by atoms with van der Waals surface area (Å²) >= 11 is 0. The van der Waals surface area contributed by atoms with Gasteiger partial charge in [0.2, 0.25) is 0 Å². The number of nitrogens with one attached hydrogen (secondary N) is 2. The van der Waals surface area contributed by atoms with Gasteiger partial charge in [0, 0.05) is 29.1 Å². The van der Waals surface area contributed by atoms with Crippen LogP contribution in [0, 0.1) is 11.2 Å². The molecule has 0 fully saturated rings. The molecule has 4 N–H and O–H groups in total. The summed E-state index contributed by atoms with van der Waals surface area (Å²) in [6, 6.07) is 22.1. The van der Waals surface area contributed by atoms with E-state index >= 15 is 4.39 Å². The molecule has 0 aromatic heterocycles. The molecule has 0 bridgehead atoms. The number of rotatable bonds is 6. The van der Waals surface area contributed by atoms with E-state index in [1.165, 1.54) is 12.1 Å². The average Bonchev–Trinajstić information content (AvgIpc) is 2.85. The summed E-state index contributed by atoms with van der Waals surface area (Å²) in [4.78, 5) is 0. The Balaban J connectivity index is 1.75. The van der Waals surface area contributed by atoms with Crippen molar-refractivity contribution in [1.29, 1.82) is 5.41 Å². The van der Waals surface area contributed by atoms with Gasteiger partial charge in [0.15, 0.2) is 5.82 Å². The van der Waals surface area contributed by atoms with Crippen molar-refractivity contribution in [3.05, 3.63) is 107 Å². The van der Waals surface area contributed by atoms with E-state index in [2.05, 4.69) is 5.32 Å². The molecule has 0 radical (unpaired) electrons. The molecule has 0 amide bonds. The van der Waals surface area contributed by atoms with Gasteiger partial charge in [0.1, 0.15) is 0 Å². The van der Waals surface area contributed by atoms with Crippen LogP contribution in [-0.4, -0.2) is 5.71 Å². The monoisotopic (exact) mass is 477 g/mol. The zero-order valence-electron chi connectivity index (χ0n) is 18.9. The lowest BCUT2D eigenvalue weighted by Crippen LogP contribution is -2.06. The number of halogens is 4. The largest absolute Gasteiger partial charge is 0.417 e. The van der Waals surface area contributed by atoms with Crippen LogP contribution in [0.5, 0.6) is 0 Å². The first-order valence-electron chi connectivity index (χ1n) is 10.9. The van der Waals surface area contributed by atoms with Crippen LogP contribution in [0.1, 0.15) is 23.6 Å². The van der Waals surface area contributed by atoms with Crippen LogP contribution in [0.15, 0.2) is 84.9 Å². The van der Waals surface area contributed by atoms with Crippen molar-refractivity contribution in [3.63, 3.8) is 0 Å². The van der Waals surface area contributed by atoms with E-state index in [0.717, 1.165) is 11.6 Å². The summed E-state index contributed by atoms with van der Waals surface area (Å²) < 4.78 is 56.0. The fourth-order valence-electron chi connectivity index (χ4n) is 3.97. The highest BCUT2D eigenvalue weighted by Crippen LogP contribution is 2.38. The van der Waals surface area contributed by atoms with Crippen molar-refractivity contribution in [2.75, 3.05) is 5.32 Å². The van der Waals surface area contributed by atoms with E-state index < -0.39 is 17.6 Å². The molecule has 0 aliphatic heterocycles. The Morgan fingerprint density at radius 3 is 2.14 bits per heavy atom. The number of nitrogens with two attached hydrogens (primary N) is 1. The van der Waals surface area contributed by atoms with E-state index in [0.29, 0.717) is 28.9 Å². The average molecular weight is 478 g/mol. The molecule has 0 saturated carbocycles. The van der Waals surface area contributed by atoms with Gasteiger partial charge < -0.3 is 16.5 Å². The molecule has 4 aromatic carbocycles. The molecular formula is C28H23F4N3. The quantitative estimate of drug-likeness (QED) is 0.196.